The van der Waals surface area contributed by atoms with Gasteiger partial charge in [-0.15, -0.1) is 0 Å². The van der Waals surface area contributed by atoms with Crippen molar-refractivity contribution in [3.05, 3.63) is 65.3 Å². The molecule has 7 nitrogen and oxygen atoms in total. The average Bonchev–Trinajstić information content (AvgIpc) is 3.24. The van der Waals surface area contributed by atoms with Crippen LogP contribution in [0.15, 0.2) is 52.9 Å². The zero-order valence-corrected chi connectivity index (χ0v) is 21.6. The van der Waals surface area contributed by atoms with Crippen molar-refractivity contribution in [1.29, 1.82) is 0 Å². The van der Waals surface area contributed by atoms with Crippen LogP contribution < -0.4 is 15.8 Å². The first-order chi connectivity index (χ1) is 17.0. The highest BCUT2D eigenvalue weighted by Crippen LogP contribution is 2.34. The Kier molecular flexibility index (Phi) is 8.24. The largest absolute Gasteiger partial charge is 0.489 e. The number of ketones is 1. The Bertz CT molecular complexity index is 1340. The second-order valence-corrected chi connectivity index (χ2v) is 9.54. The quantitative estimate of drug-likeness (QED) is 0.331. The number of allylic oxidation sites excluding steroid dienone is 1. The number of imidazole rings is 1. The molecule has 0 fully saturated rings. The monoisotopic (exact) mass is 497 g/mol. The Morgan fingerprint density at radius 3 is 2.58 bits per heavy atom. The van der Waals surface area contributed by atoms with Gasteiger partial charge in [-0.3, -0.25) is 9.79 Å². The highest BCUT2D eigenvalue weighted by Gasteiger charge is 2.26. The van der Waals surface area contributed by atoms with E-state index in [1.165, 1.54) is 6.07 Å². The van der Waals surface area contributed by atoms with Gasteiger partial charge in [-0.05, 0) is 38.2 Å². The fourth-order valence-electron chi connectivity index (χ4n) is 3.84. The van der Waals surface area contributed by atoms with E-state index < -0.39 is 17.0 Å². The summed E-state index contributed by atoms with van der Waals surface area (Å²) in [6.45, 7) is 7.64. The lowest BCUT2D eigenvalue weighted by Crippen LogP contribution is -2.29. The third-order valence-electron chi connectivity index (χ3n) is 5.92. The van der Waals surface area contributed by atoms with Crippen LogP contribution in [-0.2, 0) is 11.3 Å². The van der Waals surface area contributed by atoms with Crippen LogP contribution in [0.3, 0.4) is 0 Å². The number of aromatic nitrogens is 2. The van der Waals surface area contributed by atoms with Crippen LogP contribution in [0.1, 0.15) is 39.8 Å². The first-order valence-electron chi connectivity index (χ1n) is 11.7. The molecule has 9 heteroatoms. The zero-order chi connectivity index (χ0) is 26.6. The zero-order valence-electron chi connectivity index (χ0n) is 21.6. The van der Waals surface area contributed by atoms with Gasteiger partial charge in [0.1, 0.15) is 5.65 Å². The number of nitrogens with zero attached hydrogens (tertiary/aromatic N) is 3. The van der Waals surface area contributed by atoms with Gasteiger partial charge in [0.25, 0.3) is 0 Å². The van der Waals surface area contributed by atoms with Crippen molar-refractivity contribution in [2.75, 3.05) is 20.7 Å². The number of rotatable bonds is 9. The molecule has 2 heterocycles. The van der Waals surface area contributed by atoms with Crippen LogP contribution in [-0.4, -0.2) is 41.6 Å². The van der Waals surface area contributed by atoms with Crippen molar-refractivity contribution in [3.8, 4) is 16.9 Å². The lowest BCUT2D eigenvalue weighted by atomic mass is 9.86. The summed E-state index contributed by atoms with van der Waals surface area (Å²) in [5.41, 5.74) is 9.41. The van der Waals surface area contributed by atoms with Crippen molar-refractivity contribution < 1.29 is 18.3 Å². The number of fused-ring (bicyclic) bond motifs is 1. The van der Waals surface area contributed by atoms with Gasteiger partial charge >= 0.3 is 0 Å². The highest BCUT2D eigenvalue weighted by molar-refractivity contribution is 6.08. The minimum absolute atomic E-state index is 0.0357. The molecule has 0 aliphatic carbocycles. The summed E-state index contributed by atoms with van der Waals surface area (Å²) >= 11 is 0. The van der Waals surface area contributed by atoms with E-state index in [-0.39, 0.29) is 30.3 Å². The molecule has 2 aromatic heterocycles. The number of Topliss-reactive ketones (excluding diaryl/α,β-unsaturated/α-hetero) is 1. The molecular weight excluding hydrogens is 464 g/mol. The Morgan fingerprint density at radius 1 is 1.22 bits per heavy atom. The summed E-state index contributed by atoms with van der Waals surface area (Å²) in [5, 5.41) is 3.08. The maximum absolute atomic E-state index is 15.0. The van der Waals surface area contributed by atoms with Gasteiger partial charge in [-0.2, -0.15) is 4.39 Å². The maximum Gasteiger partial charge on any atom is 0.201 e. The number of ether oxygens (including phenoxy) is 1. The van der Waals surface area contributed by atoms with Crippen LogP contribution in [0, 0.1) is 17.0 Å². The lowest BCUT2D eigenvalue weighted by molar-refractivity contribution is -0.122. The number of hydrogen-bond acceptors (Lipinski definition) is 6. The van der Waals surface area contributed by atoms with E-state index in [1.807, 2.05) is 17.6 Å². The normalized spacial score (nSPS) is 13.2. The van der Waals surface area contributed by atoms with E-state index in [0.717, 1.165) is 17.4 Å². The van der Waals surface area contributed by atoms with Gasteiger partial charge in [-0.25, -0.2) is 9.37 Å². The number of hydrogen-bond donors (Lipinski definition) is 2. The van der Waals surface area contributed by atoms with Crippen LogP contribution in [0.5, 0.6) is 5.75 Å². The molecule has 0 aliphatic heterocycles. The molecule has 0 saturated heterocycles. The fraction of sp³-hybridized carbons (Fsp3) is 0.370. The fourth-order valence-corrected chi connectivity index (χ4v) is 3.84. The molecular formula is C27H33F2N5O2. The van der Waals surface area contributed by atoms with E-state index in [9.17, 15) is 13.6 Å². The molecule has 192 valence electrons. The van der Waals surface area contributed by atoms with E-state index in [2.05, 4.69) is 15.3 Å². The lowest BCUT2D eigenvalue weighted by Gasteiger charge is -2.20. The molecule has 1 aromatic carbocycles. The third kappa shape index (κ3) is 5.62. The van der Waals surface area contributed by atoms with E-state index >= 15 is 0 Å². The third-order valence-corrected chi connectivity index (χ3v) is 5.92. The molecule has 36 heavy (non-hydrogen) atoms. The summed E-state index contributed by atoms with van der Waals surface area (Å²) in [4.78, 5) is 21.3. The molecule has 0 aliphatic rings. The number of carbonyl (C=O) groups excluding carboxylic acids is 1. The standard InChI is InChI=1S/C27H33F2N5O2/c1-16(32-6)19(24(30)26(35)27(2,3)4)11-12-36-25-20(8-9-21(28)23(25)29)17-7-10-22-33-14-18(13-31-5)34(22)15-17/h7-10,14-15,31H,11-13,30H2,1-6H3/b24-19-,32-16?. The molecule has 0 saturated carbocycles. The summed E-state index contributed by atoms with van der Waals surface area (Å²) in [5.74, 6) is -2.53. The molecule has 0 atom stereocenters. The van der Waals surface area contributed by atoms with Crippen molar-refractivity contribution in [3.63, 3.8) is 0 Å². The molecule has 0 bridgehead atoms. The number of nitrogens with one attached hydrogen (secondary N) is 1. The van der Waals surface area contributed by atoms with E-state index in [1.54, 1.807) is 53.1 Å². The highest BCUT2D eigenvalue weighted by atomic mass is 19.2. The van der Waals surface area contributed by atoms with Crippen molar-refractivity contribution in [2.24, 2.45) is 16.1 Å². The van der Waals surface area contributed by atoms with Crippen LogP contribution >= 0.6 is 0 Å². The Hall–Kier alpha value is -3.59. The van der Waals surface area contributed by atoms with Crippen LogP contribution in [0.25, 0.3) is 16.8 Å². The molecule has 3 N–H and O–H groups in total. The number of aliphatic imine (C=N–C) groups is 1. The van der Waals surface area contributed by atoms with Gasteiger partial charge in [-0.1, -0.05) is 20.8 Å². The van der Waals surface area contributed by atoms with Gasteiger partial charge in [0.2, 0.25) is 5.82 Å². The Balaban J connectivity index is 1.96. The molecule has 0 unspecified atom stereocenters. The second-order valence-electron chi connectivity index (χ2n) is 9.54. The number of pyridine rings is 1. The minimum Gasteiger partial charge on any atom is -0.489 e. The van der Waals surface area contributed by atoms with E-state index in [0.29, 0.717) is 29.0 Å². The first-order valence-corrected chi connectivity index (χ1v) is 11.7. The first kappa shape index (κ1) is 27.0. The van der Waals surface area contributed by atoms with Gasteiger partial charge < -0.3 is 20.2 Å². The number of halogens is 2. The van der Waals surface area contributed by atoms with Crippen molar-refractivity contribution in [2.45, 2.75) is 40.7 Å². The maximum atomic E-state index is 15.0. The van der Waals surface area contributed by atoms with Crippen molar-refractivity contribution >= 4 is 17.1 Å². The summed E-state index contributed by atoms with van der Waals surface area (Å²) in [7, 11) is 3.43. The molecule has 0 radical (unpaired) electrons. The predicted molar refractivity (Wildman–Crippen MR) is 138 cm³/mol. The van der Waals surface area contributed by atoms with E-state index in [4.69, 9.17) is 10.5 Å². The molecule has 0 spiro atoms. The summed E-state index contributed by atoms with van der Waals surface area (Å²) < 4.78 is 36.8. The van der Waals surface area contributed by atoms with Crippen LogP contribution in [0.4, 0.5) is 8.78 Å². The van der Waals surface area contributed by atoms with Crippen molar-refractivity contribution in [1.82, 2.24) is 14.7 Å². The molecule has 3 aromatic rings. The Morgan fingerprint density at radius 2 is 1.94 bits per heavy atom. The number of carbonyl (C=O) groups is 1. The average molecular weight is 498 g/mol. The van der Waals surface area contributed by atoms with Gasteiger partial charge in [0, 0.05) is 54.0 Å². The van der Waals surface area contributed by atoms with Gasteiger partial charge in [0.05, 0.1) is 24.2 Å². The predicted octanol–water partition coefficient (Wildman–Crippen LogP) is 4.69. The minimum atomic E-state index is -1.08. The van der Waals surface area contributed by atoms with Gasteiger partial charge in [0.15, 0.2) is 17.3 Å². The summed E-state index contributed by atoms with van der Waals surface area (Å²) in [6.07, 6.45) is 3.76. The summed E-state index contributed by atoms with van der Waals surface area (Å²) in [6, 6.07) is 6.14. The second kappa shape index (κ2) is 11.0. The SMILES string of the molecule is CN=C(C)/C(CCOc1c(-c2ccc3ncc(CNC)n3c2)ccc(F)c1F)=C(\N)C(=O)C(C)(C)C. The Labute approximate surface area is 210 Å². The number of nitrogens with two attached hydrogens (primary N) is 1. The smallest absolute Gasteiger partial charge is 0.201 e. The number of benzene rings is 1. The molecule has 0 amide bonds. The van der Waals surface area contributed by atoms with Crippen LogP contribution in [0.2, 0.25) is 0 Å². The molecule has 3 rings (SSSR count). The topological polar surface area (TPSA) is 94.0 Å².